The number of rotatable bonds is 0. The summed E-state index contributed by atoms with van der Waals surface area (Å²) in [7, 11) is -3.83. The summed E-state index contributed by atoms with van der Waals surface area (Å²) in [5, 5.41) is 11.8. The molecule has 0 saturated heterocycles. The number of allylic oxidation sites excluding steroid dienone is 1. The molecule has 214 valence electrons. The molecule has 1 saturated carbocycles. The third-order valence-corrected chi connectivity index (χ3v) is 11.0. The van der Waals surface area contributed by atoms with Crippen LogP contribution in [0.15, 0.2) is 48.6 Å². The molecule has 1 spiro atoms. The van der Waals surface area contributed by atoms with Crippen molar-refractivity contribution in [1.82, 2.24) is 4.72 Å². The Hall–Kier alpha value is -2.55. The van der Waals surface area contributed by atoms with Crippen LogP contribution in [0.2, 0.25) is 5.02 Å². The van der Waals surface area contributed by atoms with E-state index in [2.05, 4.69) is 21.8 Å². The lowest BCUT2D eigenvalue weighted by Gasteiger charge is -2.45. The highest BCUT2D eigenvalue weighted by molar-refractivity contribution is 7.90. The molecular weight excluding hydrogens is 548 g/mol. The van der Waals surface area contributed by atoms with E-state index < -0.39 is 22.0 Å². The third kappa shape index (κ3) is 5.38. The lowest BCUT2D eigenvalue weighted by Crippen LogP contribution is -2.49. The zero-order valence-corrected chi connectivity index (χ0v) is 24.4. The van der Waals surface area contributed by atoms with E-state index in [-0.39, 0.29) is 28.6 Å². The summed E-state index contributed by atoms with van der Waals surface area (Å²) in [5.41, 5.74) is 3.34. The summed E-state index contributed by atoms with van der Waals surface area (Å²) < 4.78 is 34.4. The van der Waals surface area contributed by atoms with Gasteiger partial charge in [0.1, 0.15) is 5.75 Å². The van der Waals surface area contributed by atoms with E-state index in [1.54, 1.807) is 18.2 Å². The van der Waals surface area contributed by atoms with Crippen molar-refractivity contribution >= 4 is 33.2 Å². The largest absolute Gasteiger partial charge is 0.490 e. The van der Waals surface area contributed by atoms with Gasteiger partial charge in [-0.25, -0.2) is 13.1 Å². The number of anilines is 1. The molecule has 7 nitrogen and oxygen atoms in total. The molecule has 9 heteroatoms. The molecule has 5 atom stereocenters. The number of aliphatic hydroxyl groups is 1. The first-order valence-corrected chi connectivity index (χ1v) is 16.4. The number of amides is 1. The predicted octanol–water partition coefficient (Wildman–Crippen LogP) is 4.86. The van der Waals surface area contributed by atoms with E-state index in [1.165, 1.54) is 11.1 Å². The number of carbonyl (C=O) groups is 1. The molecule has 2 aliphatic heterocycles. The maximum atomic E-state index is 13.2. The topological polar surface area (TPSA) is 95.9 Å². The summed E-state index contributed by atoms with van der Waals surface area (Å²) >= 11 is 6.37. The second-order valence-corrected chi connectivity index (χ2v) is 14.5. The SMILES string of the molecule is C[C@H]1C/C=C/[C@@H](O)[C@@H]2CC[C@H]2CN2C[C@@]3(CCCc4cc(Cl)ccc43)COc3ccc(cc32)C(=O)NS(=O)(=O)C1. The molecule has 2 bridgehead atoms. The Morgan fingerprint density at radius 2 is 2.02 bits per heavy atom. The minimum absolute atomic E-state index is 0.135. The molecule has 0 aromatic heterocycles. The van der Waals surface area contributed by atoms with Gasteiger partial charge in [-0.3, -0.25) is 4.79 Å². The van der Waals surface area contributed by atoms with Gasteiger partial charge in [0.05, 0.1) is 24.2 Å². The fourth-order valence-electron chi connectivity index (χ4n) is 7.09. The highest BCUT2D eigenvalue weighted by Gasteiger charge is 2.44. The number of hydrogen-bond acceptors (Lipinski definition) is 6. The second-order valence-electron chi connectivity index (χ2n) is 12.3. The zero-order chi connectivity index (χ0) is 28.1. The van der Waals surface area contributed by atoms with Crippen molar-refractivity contribution in [3.05, 3.63) is 70.3 Å². The van der Waals surface area contributed by atoms with Crippen LogP contribution in [0.5, 0.6) is 5.75 Å². The summed E-state index contributed by atoms with van der Waals surface area (Å²) in [6, 6.07) is 11.4. The van der Waals surface area contributed by atoms with Gasteiger partial charge < -0.3 is 14.7 Å². The van der Waals surface area contributed by atoms with Crippen molar-refractivity contribution in [3.63, 3.8) is 0 Å². The van der Waals surface area contributed by atoms with Crippen molar-refractivity contribution < 1.29 is 23.1 Å². The lowest BCUT2D eigenvalue weighted by atomic mass is 9.68. The average Bonchev–Trinajstić information content (AvgIpc) is 3.02. The summed E-state index contributed by atoms with van der Waals surface area (Å²) in [4.78, 5) is 15.5. The van der Waals surface area contributed by atoms with E-state index in [4.69, 9.17) is 16.3 Å². The van der Waals surface area contributed by atoms with Crippen LogP contribution in [0.3, 0.4) is 0 Å². The Morgan fingerprint density at radius 1 is 1.18 bits per heavy atom. The molecule has 40 heavy (non-hydrogen) atoms. The molecule has 1 fully saturated rings. The first kappa shape index (κ1) is 27.6. The summed E-state index contributed by atoms with van der Waals surface area (Å²) in [6.07, 6.45) is 8.59. The molecule has 2 aliphatic carbocycles. The molecule has 2 aromatic carbocycles. The van der Waals surface area contributed by atoms with E-state index in [0.29, 0.717) is 31.2 Å². The molecule has 4 aliphatic rings. The molecule has 6 rings (SSSR count). The predicted molar refractivity (Wildman–Crippen MR) is 157 cm³/mol. The van der Waals surface area contributed by atoms with Gasteiger partial charge in [0, 0.05) is 29.1 Å². The van der Waals surface area contributed by atoms with E-state index in [9.17, 15) is 18.3 Å². The van der Waals surface area contributed by atoms with E-state index in [0.717, 1.165) is 49.4 Å². The molecule has 2 heterocycles. The van der Waals surface area contributed by atoms with E-state index >= 15 is 0 Å². The Morgan fingerprint density at radius 3 is 2.83 bits per heavy atom. The fraction of sp³-hybridized carbons (Fsp3) is 0.516. The number of benzene rings is 2. The van der Waals surface area contributed by atoms with Gasteiger partial charge in [-0.15, -0.1) is 0 Å². The minimum atomic E-state index is -3.83. The van der Waals surface area contributed by atoms with Crippen LogP contribution >= 0.6 is 11.6 Å². The van der Waals surface area contributed by atoms with Crippen LogP contribution in [0.1, 0.15) is 60.5 Å². The number of carbonyl (C=O) groups excluding carboxylic acids is 1. The number of nitrogens with zero attached hydrogens (tertiary/aromatic N) is 1. The highest BCUT2D eigenvalue weighted by Crippen LogP contribution is 2.46. The van der Waals surface area contributed by atoms with Gasteiger partial charge in [0.25, 0.3) is 5.91 Å². The Labute approximate surface area is 241 Å². The van der Waals surface area contributed by atoms with Crippen molar-refractivity contribution in [1.29, 1.82) is 0 Å². The van der Waals surface area contributed by atoms with Gasteiger partial charge in [-0.2, -0.15) is 0 Å². The normalized spacial score (nSPS) is 32.5. The first-order valence-electron chi connectivity index (χ1n) is 14.3. The number of aryl methyl sites for hydroxylation is 1. The van der Waals surface area contributed by atoms with Gasteiger partial charge in [0.15, 0.2) is 0 Å². The maximum Gasteiger partial charge on any atom is 0.264 e. The van der Waals surface area contributed by atoms with Gasteiger partial charge in [-0.05, 0) is 97.7 Å². The molecule has 0 radical (unpaired) electrons. The minimum Gasteiger partial charge on any atom is -0.490 e. The maximum absolute atomic E-state index is 13.2. The molecular formula is C31H37ClN2O5S. The fourth-order valence-corrected chi connectivity index (χ4v) is 8.65. The number of hydrogen-bond donors (Lipinski definition) is 2. The number of sulfonamides is 1. The van der Waals surface area contributed by atoms with Crippen molar-refractivity contribution in [2.75, 3.05) is 30.3 Å². The number of fused-ring (bicyclic) bond motifs is 4. The average molecular weight is 585 g/mol. The van der Waals surface area contributed by atoms with Crippen LogP contribution in [0.4, 0.5) is 5.69 Å². The van der Waals surface area contributed by atoms with E-state index in [1.807, 2.05) is 25.1 Å². The van der Waals surface area contributed by atoms with Crippen LogP contribution in [-0.4, -0.2) is 51.0 Å². The zero-order valence-electron chi connectivity index (χ0n) is 22.8. The van der Waals surface area contributed by atoms with Crippen molar-refractivity contribution in [3.8, 4) is 5.75 Å². The number of nitrogens with one attached hydrogen (secondary N) is 1. The number of aliphatic hydroxyl groups excluding tert-OH is 1. The monoisotopic (exact) mass is 584 g/mol. The van der Waals surface area contributed by atoms with Gasteiger partial charge >= 0.3 is 0 Å². The van der Waals surface area contributed by atoms with Crippen LogP contribution < -0.4 is 14.4 Å². The van der Waals surface area contributed by atoms with Crippen molar-refractivity contribution in [2.45, 2.75) is 57.0 Å². The second kappa shape index (κ2) is 10.7. The van der Waals surface area contributed by atoms with Gasteiger partial charge in [0.2, 0.25) is 10.0 Å². The van der Waals surface area contributed by atoms with Crippen LogP contribution in [0.25, 0.3) is 0 Å². The van der Waals surface area contributed by atoms with Crippen molar-refractivity contribution in [2.24, 2.45) is 17.8 Å². The molecule has 0 unspecified atom stereocenters. The Balaban J connectivity index is 1.42. The van der Waals surface area contributed by atoms with Crippen LogP contribution in [0, 0.1) is 17.8 Å². The number of ether oxygens (including phenoxy) is 1. The summed E-state index contributed by atoms with van der Waals surface area (Å²) in [6.45, 7) is 3.75. The number of halogens is 1. The standard InChI is InChI=1S/C31H37ClN2O5S/c1-20-4-2-6-28(35)25-10-7-23(25)16-34-18-31(13-3-5-21-14-24(32)9-11-26(21)31)19-39-29-12-8-22(15-27(29)34)30(36)33-40(37,38)17-20/h2,6,8-9,11-12,14-15,20,23,25,28,35H,3-5,7,10,13,16-19H2,1H3,(H,33,36)/b6-2+/t20-,23-,25+,28+,31-/m0/s1. The summed E-state index contributed by atoms with van der Waals surface area (Å²) in [5.74, 6) is 0.112. The van der Waals surface area contributed by atoms with Crippen LogP contribution in [-0.2, 0) is 21.9 Å². The molecule has 2 N–H and O–H groups in total. The highest BCUT2D eigenvalue weighted by atomic mass is 35.5. The molecule has 2 aromatic rings. The first-order chi connectivity index (χ1) is 19.1. The Kier molecular flexibility index (Phi) is 7.38. The molecule has 1 amide bonds. The third-order valence-electron chi connectivity index (χ3n) is 9.29. The lowest BCUT2D eigenvalue weighted by molar-refractivity contribution is 0.0456. The smallest absolute Gasteiger partial charge is 0.264 e. The Bertz CT molecular complexity index is 1440. The quantitative estimate of drug-likeness (QED) is 0.430. The van der Waals surface area contributed by atoms with Gasteiger partial charge in [-0.1, -0.05) is 36.7 Å².